The molecule has 1 amide bonds. The Kier molecular flexibility index (Phi) is 4.05. The van der Waals surface area contributed by atoms with Crippen LogP contribution in [0.4, 0.5) is 0 Å². The van der Waals surface area contributed by atoms with Gasteiger partial charge in [-0.2, -0.15) is 0 Å². The van der Waals surface area contributed by atoms with E-state index in [1.807, 2.05) is 6.07 Å². The first-order valence-corrected chi connectivity index (χ1v) is 6.98. The van der Waals surface area contributed by atoms with E-state index in [0.29, 0.717) is 22.4 Å². The minimum Gasteiger partial charge on any atom is -0.481 e. The number of pyridine rings is 1. The van der Waals surface area contributed by atoms with Gasteiger partial charge in [-0.3, -0.25) is 4.79 Å². The molecule has 0 aliphatic heterocycles. The van der Waals surface area contributed by atoms with Gasteiger partial charge >= 0.3 is 5.63 Å². The van der Waals surface area contributed by atoms with Gasteiger partial charge in [0.25, 0.3) is 5.91 Å². The van der Waals surface area contributed by atoms with E-state index in [2.05, 4.69) is 10.3 Å². The van der Waals surface area contributed by atoms with Crippen LogP contribution in [0.1, 0.15) is 15.9 Å². The minimum absolute atomic E-state index is 0.0356. The highest BCUT2D eigenvalue weighted by molar-refractivity contribution is 5.96. The summed E-state index contributed by atoms with van der Waals surface area (Å²) in [6, 6.07) is 12.1. The van der Waals surface area contributed by atoms with E-state index < -0.39 is 11.5 Å². The number of hydrogen-bond acceptors (Lipinski definition) is 5. The Morgan fingerprint density at radius 1 is 1.26 bits per heavy atom. The van der Waals surface area contributed by atoms with Crippen molar-refractivity contribution in [1.82, 2.24) is 10.3 Å². The Labute approximate surface area is 131 Å². The predicted octanol–water partition coefficient (Wildman–Crippen LogP) is 2.13. The molecule has 2 heterocycles. The van der Waals surface area contributed by atoms with Crippen LogP contribution in [0.5, 0.6) is 5.88 Å². The van der Waals surface area contributed by atoms with Crippen LogP contribution >= 0.6 is 0 Å². The molecule has 0 unspecified atom stereocenters. The number of rotatable bonds is 4. The van der Waals surface area contributed by atoms with Crippen molar-refractivity contribution in [1.29, 1.82) is 0 Å². The normalized spacial score (nSPS) is 10.5. The summed E-state index contributed by atoms with van der Waals surface area (Å²) in [6.45, 7) is 0.197. The van der Waals surface area contributed by atoms with Crippen molar-refractivity contribution in [2.45, 2.75) is 6.54 Å². The Hall–Kier alpha value is -3.15. The van der Waals surface area contributed by atoms with E-state index in [4.69, 9.17) is 9.15 Å². The third-order valence-corrected chi connectivity index (χ3v) is 3.37. The first-order valence-electron chi connectivity index (χ1n) is 6.98. The molecule has 0 saturated heterocycles. The fourth-order valence-electron chi connectivity index (χ4n) is 2.23. The second-order valence-electron chi connectivity index (χ2n) is 4.84. The molecule has 23 heavy (non-hydrogen) atoms. The molecule has 1 N–H and O–H groups in total. The highest BCUT2D eigenvalue weighted by atomic mass is 16.5. The van der Waals surface area contributed by atoms with Crippen LogP contribution in [0.3, 0.4) is 0 Å². The third kappa shape index (κ3) is 3.06. The largest absolute Gasteiger partial charge is 0.481 e. The molecule has 0 aliphatic rings. The number of nitrogens with zero attached hydrogens (tertiary/aromatic N) is 1. The Balaban J connectivity index is 1.83. The molecule has 6 nitrogen and oxygen atoms in total. The molecule has 3 aromatic rings. The summed E-state index contributed by atoms with van der Waals surface area (Å²) >= 11 is 0. The molecule has 0 spiro atoms. The highest BCUT2D eigenvalue weighted by Crippen LogP contribution is 2.14. The number of benzene rings is 1. The van der Waals surface area contributed by atoms with Crippen molar-refractivity contribution in [2.75, 3.05) is 7.11 Å². The van der Waals surface area contributed by atoms with Crippen LogP contribution in [0.25, 0.3) is 11.0 Å². The van der Waals surface area contributed by atoms with Crippen LogP contribution in [0, 0.1) is 0 Å². The fourth-order valence-corrected chi connectivity index (χ4v) is 2.23. The molecular formula is C17H14N2O4. The molecule has 2 aromatic heterocycles. The fraction of sp³-hybridized carbons (Fsp3) is 0.118. The number of amides is 1. The van der Waals surface area contributed by atoms with E-state index in [-0.39, 0.29) is 12.1 Å². The molecule has 3 rings (SSSR count). The quantitative estimate of drug-likeness (QED) is 0.747. The van der Waals surface area contributed by atoms with Crippen LogP contribution in [-0.2, 0) is 6.54 Å². The van der Waals surface area contributed by atoms with Crippen molar-refractivity contribution in [2.24, 2.45) is 0 Å². The number of ether oxygens (including phenoxy) is 1. The van der Waals surface area contributed by atoms with Crippen molar-refractivity contribution < 1.29 is 13.9 Å². The molecule has 0 aliphatic carbocycles. The Morgan fingerprint density at radius 3 is 2.91 bits per heavy atom. The van der Waals surface area contributed by atoms with Gasteiger partial charge in [-0.1, -0.05) is 24.3 Å². The summed E-state index contributed by atoms with van der Waals surface area (Å²) in [7, 11) is 1.51. The zero-order valence-electron chi connectivity index (χ0n) is 12.4. The zero-order valence-corrected chi connectivity index (χ0v) is 12.4. The first kappa shape index (κ1) is 14.8. The number of carbonyl (C=O) groups excluding carboxylic acids is 1. The van der Waals surface area contributed by atoms with Crippen LogP contribution in [0.15, 0.2) is 57.9 Å². The van der Waals surface area contributed by atoms with Crippen molar-refractivity contribution >= 4 is 16.9 Å². The van der Waals surface area contributed by atoms with E-state index in [9.17, 15) is 9.59 Å². The lowest BCUT2D eigenvalue weighted by atomic mass is 10.1. The average molecular weight is 310 g/mol. The monoisotopic (exact) mass is 310 g/mol. The summed E-state index contributed by atoms with van der Waals surface area (Å²) in [5, 5.41) is 3.37. The SMILES string of the molecule is COc1ncccc1CNC(=O)c1cc2ccccc2oc1=O. The molecular weight excluding hydrogens is 296 g/mol. The standard InChI is InChI=1S/C17H14N2O4/c1-22-16-12(6-4-8-18-16)10-19-15(20)13-9-11-5-2-3-7-14(11)23-17(13)21/h2-9H,10H2,1H3,(H,19,20). The van der Waals surface area contributed by atoms with Crippen LogP contribution in [-0.4, -0.2) is 18.0 Å². The number of aromatic nitrogens is 1. The predicted molar refractivity (Wildman–Crippen MR) is 84.4 cm³/mol. The molecule has 0 radical (unpaired) electrons. The first-order chi connectivity index (χ1) is 11.2. The van der Waals surface area contributed by atoms with E-state index in [1.165, 1.54) is 13.2 Å². The summed E-state index contributed by atoms with van der Waals surface area (Å²) in [5.74, 6) is -0.0752. The lowest BCUT2D eigenvalue weighted by Gasteiger charge is -2.08. The van der Waals surface area contributed by atoms with Gasteiger partial charge < -0.3 is 14.5 Å². The van der Waals surface area contributed by atoms with Crippen molar-refractivity contribution in [3.05, 3.63) is 70.2 Å². The summed E-state index contributed by atoms with van der Waals surface area (Å²) < 4.78 is 10.3. The lowest BCUT2D eigenvalue weighted by molar-refractivity contribution is 0.0947. The molecule has 0 atom stereocenters. The summed E-state index contributed by atoms with van der Waals surface area (Å²) in [5.41, 5.74) is 0.461. The van der Waals surface area contributed by atoms with Gasteiger partial charge in [-0.05, 0) is 18.2 Å². The van der Waals surface area contributed by atoms with Gasteiger partial charge in [0, 0.05) is 23.7 Å². The second-order valence-corrected chi connectivity index (χ2v) is 4.84. The van der Waals surface area contributed by atoms with Gasteiger partial charge in [-0.25, -0.2) is 9.78 Å². The van der Waals surface area contributed by atoms with Crippen LogP contribution in [0.2, 0.25) is 0 Å². The molecule has 1 aromatic carbocycles. The van der Waals surface area contributed by atoms with E-state index in [0.717, 1.165) is 0 Å². The second kappa shape index (κ2) is 6.31. The van der Waals surface area contributed by atoms with Gasteiger partial charge in [0.15, 0.2) is 0 Å². The lowest BCUT2D eigenvalue weighted by Crippen LogP contribution is -2.28. The molecule has 0 saturated carbocycles. The van der Waals surface area contributed by atoms with E-state index >= 15 is 0 Å². The number of carbonyl (C=O) groups is 1. The summed E-state index contributed by atoms with van der Waals surface area (Å²) in [4.78, 5) is 28.2. The Bertz CT molecular complexity index is 918. The molecule has 6 heteroatoms. The Morgan fingerprint density at radius 2 is 2.09 bits per heavy atom. The van der Waals surface area contributed by atoms with Crippen molar-refractivity contribution in [3.63, 3.8) is 0 Å². The van der Waals surface area contributed by atoms with E-state index in [1.54, 1.807) is 36.5 Å². The van der Waals surface area contributed by atoms with Gasteiger partial charge in [0.1, 0.15) is 11.1 Å². The molecule has 0 fully saturated rings. The average Bonchev–Trinajstić information content (AvgIpc) is 2.59. The van der Waals surface area contributed by atoms with Crippen LogP contribution < -0.4 is 15.7 Å². The van der Waals surface area contributed by atoms with Crippen molar-refractivity contribution in [3.8, 4) is 5.88 Å². The maximum Gasteiger partial charge on any atom is 0.349 e. The van der Waals surface area contributed by atoms with Gasteiger partial charge in [0.05, 0.1) is 7.11 Å². The minimum atomic E-state index is -0.667. The van der Waals surface area contributed by atoms with Gasteiger partial charge in [-0.15, -0.1) is 0 Å². The third-order valence-electron chi connectivity index (χ3n) is 3.37. The number of nitrogens with one attached hydrogen (secondary N) is 1. The number of hydrogen-bond donors (Lipinski definition) is 1. The zero-order chi connectivity index (χ0) is 16.2. The summed E-state index contributed by atoms with van der Waals surface area (Å²) in [6.07, 6.45) is 1.60. The van der Waals surface area contributed by atoms with Gasteiger partial charge in [0.2, 0.25) is 5.88 Å². The molecule has 0 bridgehead atoms. The number of fused-ring (bicyclic) bond motifs is 1. The maximum atomic E-state index is 12.2. The number of methoxy groups -OCH3 is 1. The smallest absolute Gasteiger partial charge is 0.349 e. The topological polar surface area (TPSA) is 81.4 Å². The number of para-hydroxylation sites is 1. The highest BCUT2D eigenvalue weighted by Gasteiger charge is 2.14. The maximum absolute atomic E-state index is 12.2. The molecule has 116 valence electrons.